The van der Waals surface area contributed by atoms with Crippen molar-refractivity contribution in [3.8, 4) is 0 Å². The van der Waals surface area contributed by atoms with E-state index in [2.05, 4.69) is 20.5 Å². The zero-order valence-corrected chi connectivity index (χ0v) is 19.8. The third kappa shape index (κ3) is 6.61. The van der Waals surface area contributed by atoms with E-state index in [1.165, 1.54) is 24.2 Å². The number of nitrogens with one attached hydrogen (secondary N) is 2. The van der Waals surface area contributed by atoms with Gasteiger partial charge in [-0.3, -0.25) is 14.4 Å². The van der Waals surface area contributed by atoms with Crippen LogP contribution in [0.1, 0.15) is 47.3 Å². The molecule has 0 unspecified atom stereocenters. The van der Waals surface area contributed by atoms with Crippen LogP contribution >= 0.6 is 11.3 Å². The Kier molecular flexibility index (Phi) is 7.72. The molecule has 2 aromatic rings. The van der Waals surface area contributed by atoms with Gasteiger partial charge in [0, 0.05) is 30.1 Å². The normalized spacial score (nSPS) is 15.9. The predicted octanol–water partition coefficient (Wildman–Crippen LogP) is 2.45. The van der Waals surface area contributed by atoms with Gasteiger partial charge in [-0.15, -0.1) is 11.3 Å². The van der Waals surface area contributed by atoms with Crippen molar-refractivity contribution in [3.05, 3.63) is 46.5 Å². The number of thiazole rings is 1. The van der Waals surface area contributed by atoms with Crippen LogP contribution in [0.2, 0.25) is 0 Å². The maximum Gasteiger partial charge on any atom is 0.254 e. The molecule has 176 valence electrons. The highest BCUT2D eigenvalue weighted by molar-refractivity contribution is 7.13. The van der Waals surface area contributed by atoms with Crippen molar-refractivity contribution in [2.24, 2.45) is 0 Å². The number of nitrogens with zero attached hydrogens (tertiary/aromatic N) is 3. The van der Waals surface area contributed by atoms with Gasteiger partial charge >= 0.3 is 0 Å². The van der Waals surface area contributed by atoms with Crippen molar-refractivity contribution in [2.75, 3.05) is 38.0 Å². The summed E-state index contributed by atoms with van der Waals surface area (Å²) in [5, 5.41) is 7.95. The minimum atomic E-state index is -0.278. The van der Waals surface area contributed by atoms with Gasteiger partial charge in [0.25, 0.3) is 5.91 Å². The third-order valence-corrected chi connectivity index (χ3v) is 6.83. The molecule has 9 heteroatoms. The monoisotopic (exact) mass is 469 g/mol. The average Bonchev–Trinajstić information content (AvgIpc) is 3.32. The molecular formula is C24H31N5O3S. The number of hydrogen-bond acceptors (Lipinski definition) is 6. The van der Waals surface area contributed by atoms with Crippen LogP contribution in [0.4, 0.5) is 5.13 Å². The van der Waals surface area contributed by atoms with Crippen LogP contribution in [-0.4, -0.2) is 71.3 Å². The fourth-order valence-corrected chi connectivity index (χ4v) is 4.79. The molecule has 8 nitrogen and oxygen atoms in total. The number of likely N-dealkylation sites (tertiary alicyclic amines) is 1. The van der Waals surface area contributed by atoms with Gasteiger partial charge in [-0.25, -0.2) is 4.98 Å². The molecule has 0 spiro atoms. The summed E-state index contributed by atoms with van der Waals surface area (Å²) in [6.45, 7) is 5.63. The first-order valence-corrected chi connectivity index (χ1v) is 12.5. The standard InChI is InChI=1S/C24H31N5O3S/c1-17-6-2-3-7-20(17)23(32)29(19-8-9-19)15-22(31)27-24-26-18(16-33-24)14-21(30)25-10-13-28-11-4-5-12-28/h2-3,6-7,16,19H,4-5,8-15H2,1H3,(H,25,30)(H,26,27,31). The topological polar surface area (TPSA) is 94.6 Å². The third-order valence-electron chi connectivity index (χ3n) is 6.03. The average molecular weight is 470 g/mol. The van der Waals surface area contributed by atoms with Crippen LogP contribution < -0.4 is 10.6 Å². The summed E-state index contributed by atoms with van der Waals surface area (Å²) in [6, 6.07) is 7.55. The van der Waals surface area contributed by atoms with Crippen LogP contribution in [0.5, 0.6) is 0 Å². The highest BCUT2D eigenvalue weighted by Gasteiger charge is 2.34. The number of amides is 3. The van der Waals surface area contributed by atoms with Gasteiger partial charge in [-0.2, -0.15) is 0 Å². The Hall–Kier alpha value is -2.78. The Morgan fingerprint density at radius 3 is 2.64 bits per heavy atom. The summed E-state index contributed by atoms with van der Waals surface area (Å²) >= 11 is 1.29. The summed E-state index contributed by atoms with van der Waals surface area (Å²) in [7, 11) is 0. The molecule has 2 aliphatic rings. The van der Waals surface area contributed by atoms with E-state index < -0.39 is 0 Å². The zero-order valence-electron chi connectivity index (χ0n) is 19.0. The van der Waals surface area contributed by atoms with Crippen molar-refractivity contribution in [1.29, 1.82) is 0 Å². The Morgan fingerprint density at radius 1 is 1.15 bits per heavy atom. The summed E-state index contributed by atoms with van der Waals surface area (Å²) in [6.07, 6.45) is 4.49. The van der Waals surface area contributed by atoms with Gasteiger partial charge in [0.1, 0.15) is 6.54 Å². The number of carbonyl (C=O) groups excluding carboxylic acids is 3. The first-order chi connectivity index (χ1) is 16.0. The van der Waals surface area contributed by atoms with Gasteiger partial charge in [-0.1, -0.05) is 18.2 Å². The molecule has 3 amide bonds. The molecule has 2 N–H and O–H groups in total. The van der Waals surface area contributed by atoms with Gasteiger partial charge in [0.05, 0.1) is 12.1 Å². The second-order valence-electron chi connectivity index (χ2n) is 8.75. The summed E-state index contributed by atoms with van der Waals surface area (Å²) in [5.74, 6) is -0.461. The van der Waals surface area contributed by atoms with Gasteiger partial charge in [0.15, 0.2) is 5.13 Å². The van der Waals surface area contributed by atoms with Crippen LogP contribution in [0.25, 0.3) is 0 Å². The van der Waals surface area contributed by atoms with E-state index in [0.717, 1.165) is 38.0 Å². The lowest BCUT2D eigenvalue weighted by Gasteiger charge is -2.22. The van der Waals surface area contributed by atoms with E-state index in [-0.39, 0.29) is 36.7 Å². The van der Waals surface area contributed by atoms with E-state index in [1.807, 2.05) is 25.1 Å². The Bertz CT molecular complexity index is 997. The quantitative estimate of drug-likeness (QED) is 0.557. The number of aryl methyl sites for hydroxylation is 1. The van der Waals surface area contributed by atoms with Crippen LogP contribution in [0.15, 0.2) is 29.6 Å². The van der Waals surface area contributed by atoms with Gasteiger partial charge in [-0.05, 0) is 57.3 Å². The first kappa shape index (κ1) is 23.4. The molecule has 0 bridgehead atoms. The molecule has 4 rings (SSSR count). The second kappa shape index (κ2) is 10.9. The number of hydrogen-bond donors (Lipinski definition) is 2. The number of benzene rings is 1. The van der Waals surface area contributed by atoms with E-state index in [0.29, 0.717) is 22.9 Å². The molecule has 1 saturated heterocycles. The van der Waals surface area contributed by atoms with Crippen molar-refractivity contribution in [2.45, 2.75) is 45.1 Å². The highest BCUT2D eigenvalue weighted by Crippen LogP contribution is 2.29. The van der Waals surface area contributed by atoms with Crippen LogP contribution in [0, 0.1) is 6.92 Å². The van der Waals surface area contributed by atoms with Gasteiger partial charge in [0.2, 0.25) is 11.8 Å². The van der Waals surface area contributed by atoms with Crippen molar-refractivity contribution in [3.63, 3.8) is 0 Å². The van der Waals surface area contributed by atoms with E-state index in [9.17, 15) is 14.4 Å². The van der Waals surface area contributed by atoms with E-state index in [1.54, 1.807) is 16.3 Å². The van der Waals surface area contributed by atoms with E-state index in [4.69, 9.17) is 0 Å². The van der Waals surface area contributed by atoms with Crippen molar-refractivity contribution in [1.82, 2.24) is 20.1 Å². The Balaban J connectivity index is 1.25. The van der Waals surface area contributed by atoms with Crippen molar-refractivity contribution >= 4 is 34.2 Å². The minimum Gasteiger partial charge on any atom is -0.354 e. The predicted molar refractivity (Wildman–Crippen MR) is 128 cm³/mol. The number of aromatic nitrogens is 1. The number of anilines is 1. The lowest BCUT2D eigenvalue weighted by molar-refractivity contribution is -0.120. The van der Waals surface area contributed by atoms with Gasteiger partial charge < -0.3 is 20.4 Å². The minimum absolute atomic E-state index is 0.0102. The molecule has 1 aromatic carbocycles. The first-order valence-electron chi connectivity index (χ1n) is 11.6. The molecule has 0 radical (unpaired) electrons. The summed E-state index contributed by atoms with van der Waals surface area (Å²) in [5.41, 5.74) is 2.16. The van der Waals surface area contributed by atoms with Crippen molar-refractivity contribution < 1.29 is 14.4 Å². The summed E-state index contributed by atoms with van der Waals surface area (Å²) in [4.78, 5) is 46.2. The fraction of sp³-hybridized carbons (Fsp3) is 0.500. The largest absolute Gasteiger partial charge is 0.354 e. The summed E-state index contributed by atoms with van der Waals surface area (Å²) < 4.78 is 0. The SMILES string of the molecule is Cc1ccccc1C(=O)N(CC(=O)Nc1nc(CC(=O)NCCN2CCCC2)cs1)C1CC1. The Morgan fingerprint density at radius 2 is 1.91 bits per heavy atom. The lowest BCUT2D eigenvalue weighted by Crippen LogP contribution is -2.39. The number of rotatable bonds is 10. The smallest absolute Gasteiger partial charge is 0.254 e. The second-order valence-corrected chi connectivity index (χ2v) is 9.60. The van der Waals surface area contributed by atoms with Crippen LogP contribution in [-0.2, 0) is 16.0 Å². The maximum atomic E-state index is 13.0. The van der Waals surface area contributed by atoms with Crippen LogP contribution in [0.3, 0.4) is 0 Å². The fourth-order valence-electron chi connectivity index (χ4n) is 4.07. The molecule has 1 aromatic heterocycles. The molecule has 1 aliphatic carbocycles. The molecule has 2 heterocycles. The molecule has 1 aliphatic heterocycles. The zero-order chi connectivity index (χ0) is 23.2. The maximum absolute atomic E-state index is 13.0. The number of carbonyl (C=O) groups is 3. The highest BCUT2D eigenvalue weighted by atomic mass is 32.1. The Labute approximate surface area is 198 Å². The molecule has 0 atom stereocenters. The molecular weight excluding hydrogens is 438 g/mol. The lowest BCUT2D eigenvalue weighted by atomic mass is 10.1. The molecule has 33 heavy (non-hydrogen) atoms. The molecule has 1 saturated carbocycles. The van der Waals surface area contributed by atoms with E-state index >= 15 is 0 Å². The molecule has 2 fully saturated rings.